The first-order chi connectivity index (χ1) is 13.5. The number of benzene rings is 2. The van der Waals surface area contributed by atoms with E-state index in [4.69, 9.17) is 21.4 Å². The van der Waals surface area contributed by atoms with Crippen LogP contribution in [0, 0.1) is 0 Å². The maximum absolute atomic E-state index is 11.8. The molecule has 0 atom stereocenters. The molecule has 0 heterocycles. The first-order valence-electron chi connectivity index (χ1n) is 9.20. The normalized spacial score (nSPS) is 10.5. The zero-order valence-electron chi connectivity index (χ0n) is 15.8. The van der Waals surface area contributed by atoms with Crippen molar-refractivity contribution in [3.63, 3.8) is 0 Å². The van der Waals surface area contributed by atoms with Crippen LogP contribution in [0.1, 0.15) is 25.3 Å². The number of rotatable bonds is 11. The Morgan fingerprint density at radius 3 is 2.75 bits per heavy atom. The molecule has 0 spiro atoms. The van der Waals surface area contributed by atoms with Gasteiger partial charge in [0.25, 0.3) is 0 Å². The van der Waals surface area contributed by atoms with E-state index in [1.54, 1.807) is 18.2 Å². The molecule has 0 radical (unpaired) electrons. The fraction of sp³-hybridized carbons (Fsp3) is 0.333. The number of nitrogens with one attached hydrogen (secondary N) is 2. The summed E-state index contributed by atoms with van der Waals surface area (Å²) in [5, 5.41) is 15.4. The largest absolute Gasteiger partial charge is 0.481 e. The summed E-state index contributed by atoms with van der Waals surface area (Å²) in [6.45, 7) is 3.12. The molecule has 0 unspecified atom stereocenters. The van der Waals surface area contributed by atoms with Gasteiger partial charge in [0.15, 0.2) is 6.61 Å². The number of carbonyl (C=O) groups excluding carboxylic acids is 1. The Bertz CT molecular complexity index is 811. The number of carbonyl (C=O) groups is 2. The van der Waals surface area contributed by atoms with Gasteiger partial charge < -0.3 is 20.5 Å². The Kier molecular flexibility index (Phi) is 8.78. The Hall–Kier alpha value is -2.57. The summed E-state index contributed by atoms with van der Waals surface area (Å²) in [5.41, 5.74) is 2.56. The van der Waals surface area contributed by atoms with E-state index in [2.05, 4.69) is 17.6 Å². The molecule has 0 aliphatic heterocycles. The second kappa shape index (κ2) is 11.3. The molecular weight excluding hydrogens is 380 g/mol. The molecular formula is C21H25ClN2O4. The third-order valence-electron chi connectivity index (χ3n) is 4.00. The fourth-order valence-corrected chi connectivity index (χ4v) is 2.80. The van der Waals surface area contributed by atoms with Gasteiger partial charge in [0.1, 0.15) is 5.75 Å². The molecule has 0 saturated heterocycles. The van der Waals surface area contributed by atoms with Crippen molar-refractivity contribution in [2.75, 3.05) is 19.7 Å². The number of hydrogen-bond donors (Lipinski definition) is 3. The van der Waals surface area contributed by atoms with Crippen LogP contribution in [0.5, 0.6) is 5.75 Å². The summed E-state index contributed by atoms with van der Waals surface area (Å²) in [6, 6.07) is 12.8. The lowest BCUT2D eigenvalue weighted by Crippen LogP contribution is -2.34. The number of ether oxygens (including phenoxy) is 1. The predicted octanol–water partition coefficient (Wildman–Crippen LogP) is 3.48. The first-order valence-corrected chi connectivity index (χ1v) is 9.58. The van der Waals surface area contributed by atoms with Crippen LogP contribution in [0.25, 0.3) is 11.1 Å². The number of amides is 1. The van der Waals surface area contributed by atoms with Crippen molar-refractivity contribution in [1.29, 1.82) is 0 Å². The summed E-state index contributed by atoms with van der Waals surface area (Å²) in [7, 11) is 0. The molecule has 0 aliphatic carbocycles. The van der Waals surface area contributed by atoms with E-state index in [0.29, 0.717) is 29.4 Å². The molecule has 28 heavy (non-hydrogen) atoms. The third kappa shape index (κ3) is 7.21. The number of hydrogen-bond acceptors (Lipinski definition) is 4. The van der Waals surface area contributed by atoms with Crippen LogP contribution in [0.3, 0.4) is 0 Å². The quantitative estimate of drug-likeness (QED) is 0.499. The van der Waals surface area contributed by atoms with Gasteiger partial charge in [0.05, 0.1) is 6.54 Å². The average Bonchev–Trinajstić information content (AvgIpc) is 2.67. The summed E-state index contributed by atoms with van der Waals surface area (Å²) in [5.74, 6) is -0.618. The first kappa shape index (κ1) is 21.7. The molecule has 0 fully saturated rings. The van der Waals surface area contributed by atoms with E-state index in [1.165, 1.54) is 0 Å². The van der Waals surface area contributed by atoms with E-state index in [1.807, 2.05) is 24.3 Å². The molecule has 1 amide bonds. The number of aliphatic carboxylic acids is 1. The minimum Gasteiger partial charge on any atom is -0.481 e. The fourth-order valence-electron chi connectivity index (χ4n) is 2.63. The van der Waals surface area contributed by atoms with Crippen molar-refractivity contribution in [2.24, 2.45) is 0 Å². The van der Waals surface area contributed by atoms with E-state index >= 15 is 0 Å². The zero-order valence-corrected chi connectivity index (χ0v) is 16.6. The predicted molar refractivity (Wildman–Crippen MR) is 110 cm³/mol. The third-order valence-corrected chi connectivity index (χ3v) is 4.23. The van der Waals surface area contributed by atoms with Crippen molar-refractivity contribution >= 4 is 23.5 Å². The Balaban J connectivity index is 2.03. The number of carboxylic acids is 1. The molecule has 2 rings (SSSR count). The van der Waals surface area contributed by atoms with E-state index in [-0.39, 0.29) is 12.5 Å². The van der Waals surface area contributed by atoms with Crippen LogP contribution in [0.2, 0.25) is 5.02 Å². The topological polar surface area (TPSA) is 87.7 Å². The minimum atomic E-state index is -1.05. The van der Waals surface area contributed by atoms with Crippen LogP contribution in [-0.2, 0) is 16.1 Å². The molecule has 3 N–H and O–H groups in total. The molecule has 6 nitrogen and oxygen atoms in total. The smallest absolute Gasteiger partial charge is 0.341 e. The monoisotopic (exact) mass is 404 g/mol. The van der Waals surface area contributed by atoms with E-state index in [0.717, 1.165) is 24.0 Å². The van der Waals surface area contributed by atoms with E-state index < -0.39 is 12.6 Å². The summed E-state index contributed by atoms with van der Waals surface area (Å²) in [4.78, 5) is 22.6. The molecule has 150 valence electrons. The van der Waals surface area contributed by atoms with Gasteiger partial charge >= 0.3 is 5.97 Å². The molecule has 2 aromatic rings. The zero-order chi connectivity index (χ0) is 20.4. The van der Waals surface area contributed by atoms with E-state index in [9.17, 15) is 9.59 Å². The second-order valence-electron chi connectivity index (χ2n) is 6.33. The van der Waals surface area contributed by atoms with Crippen molar-refractivity contribution < 1.29 is 19.4 Å². The van der Waals surface area contributed by atoms with Gasteiger partial charge in [-0.2, -0.15) is 0 Å². The molecule has 0 aliphatic rings. The number of unbranched alkanes of at least 4 members (excludes halogenated alkanes) is 1. The Labute approximate surface area is 169 Å². The van der Waals surface area contributed by atoms with Gasteiger partial charge in [0.2, 0.25) is 5.91 Å². The van der Waals surface area contributed by atoms with Crippen LogP contribution < -0.4 is 15.4 Å². The van der Waals surface area contributed by atoms with Crippen molar-refractivity contribution in [2.45, 2.75) is 26.3 Å². The van der Waals surface area contributed by atoms with Gasteiger partial charge in [-0.3, -0.25) is 4.79 Å². The maximum Gasteiger partial charge on any atom is 0.341 e. The van der Waals surface area contributed by atoms with Crippen molar-refractivity contribution in [3.8, 4) is 16.9 Å². The number of carboxylic acid groups (broad SMARTS) is 1. The van der Waals surface area contributed by atoms with Gasteiger partial charge in [-0.1, -0.05) is 43.1 Å². The van der Waals surface area contributed by atoms with Crippen molar-refractivity contribution in [3.05, 3.63) is 53.1 Å². The molecule has 0 bridgehead atoms. The van der Waals surface area contributed by atoms with Gasteiger partial charge in [-0.15, -0.1) is 0 Å². The number of halogens is 1. The lowest BCUT2D eigenvalue weighted by molar-refractivity contribution is -0.139. The van der Waals surface area contributed by atoms with Gasteiger partial charge in [-0.05, 0) is 41.8 Å². The Morgan fingerprint density at radius 2 is 2.00 bits per heavy atom. The minimum absolute atomic E-state index is 0.0243. The molecule has 0 aromatic heterocycles. The van der Waals surface area contributed by atoms with Crippen LogP contribution in [0.4, 0.5) is 0 Å². The highest BCUT2D eigenvalue weighted by Gasteiger charge is 2.10. The van der Waals surface area contributed by atoms with Gasteiger partial charge in [0, 0.05) is 23.7 Å². The summed E-state index contributed by atoms with van der Waals surface area (Å²) in [6.07, 6.45) is 2.02. The summed E-state index contributed by atoms with van der Waals surface area (Å²) < 4.78 is 5.38. The van der Waals surface area contributed by atoms with Gasteiger partial charge in [-0.25, -0.2) is 4.79 Å². The van der Waals surface area contributed by atoms with Crippen LogP contribution in [0.15, 0.2) is 42.5 Å². The van der Waals surface area contributed by atoms with Crippen LogP contribution in [-0.4, -0.2) is 36.7 Å². The molecule has 7 heteroatoms. The average molecular weight is 405 g/mol. The standard InChI is InChI=1S/C21H25ClN2O4/c1-2-3-9-24-20(25)13-23-12-15-5-4-6-16(10-15)18-11-17(22)7-8-19(18)28-14-21(26)27/h4-8,10-11,23H,2-3,9,12-14H2,1H3,(H,24,25)(H,26,27). The lowest BCUT2D eigenvalue weighted by atomic mass is 10.0. The Morgan fingerprint density at radius 1 is 1.18 bits per heavy atom. The molecule has 2 aromatic carbocycles. The molecule has 0 saturated carbocycles. The highest BCUT2D eigenvalue weighted by molar-refractivity contribution is 6.31. The maximum atomic E-state index is 11.8. The highest BCUT2D eigenvalue weighted by Crippen LogP contribution is 2.33. The van der Waals surface area contributed by atoms with Crippen LogP contribution >= 0.6 is 11.6 Å². The SMILES string of the molecule is CCCCNC(=O)CNCc1cccc(-c2cc(Cl)ccc2OCC(=O)O)c1. The lowest BCUT2D eigenvalue weighted by Gasteiger charge is -2.12. The van der Waals surface area contributed by atoms with Crippen molar-refractivity contribution in [1.82, 2.24) is 10.6 Å². The highest BCUT2D eigenvalue weighted by atomic mass is 35.5. The summed E-state index contributed by atoms with van der Waals surface area (Å²) >= 11 is 6.11. The second-order valence-corrected chi connectivity index (χ2v) is 6.77.